The molecule has 1 atom stereocenters. The second-order valence-corrected chi connectivity index (χ2v) is 8.02. The molecular formula is C22H24N10O. The average molecular weight is 445 g/mol. The maximum absolute atomic E-state index is 13.6. The first-order chi connectivity index (χ1) is 16.1. The fourth-order valence-corrected chi connectivity index (χ4v) is 4.20. The molecule has 4 aromatic heterocycles. The fraction of sp³-hybridized carbons (Fsp3) is 0.318. The molecule has 168 valence electrons. The number of nitrogens with one attached hydrogen (secondary N) is 2. The van der Waals surface area contributed by atoms with E-state index < -0.39 is 0 Å². The van der Waals surface area contributed by atoms with E-state index in [2.05, 4.69) is 41.0 Å². The molecule has 5 heterocycles. The number of piperidine rings is 1. The van der Waals surface area contributed by atoms with Crippen molar-refractivity contribution in [3.05, 3.63) is 54.1 Å². The van der Waals surface area contributed by atoms with Crippen molar-refractivity contribution < 1.29 is 4.79 Å². The Kier molecular flexibility index (Phi) is 5.61. The molecule has 11 nitrogen and oxygen atoms in total. The molecule has 4 aromatic rings. The smallest absolute Gasteiger partial charge is 0.278 e. The summed E-state index contributed by atoms with van der Waals surface area (Å²) in [4.78, 5) is 24.5. The molecule has 2 N–H and O–H groups in total. The summed E-state index contributed by atoms with van der Waals surface area (Å²) >= 11 is 0. The second-order valence-electron chi connectivity index (χ2n) is 8.02. The van der Waals surface area contributed by atoms with E-state index in [4.69, 9.17) is 0 Å². The van der Waals surface area contributed by atoms with Crippen molar-refractivity contribution in [2.45, 2.75) is 25.8 Å². The molecule has 33 heavy (non-hydrogen) atoms. The lowest BCUT2D eigenvalue weighted by Gasteiger charge is -2.34. The monoisotopic (exact) mass is 444 g/mol. The lowest BCUT2D eigenvalue weighted by atomic mass is 10.0. The summed E-state index contributed by atoms with van der Waals surface area (Å²) in [7, 11) is 1.81. The molecule has 0 radical (unpaired) electrons. The molecule has 1 fully saturated rings. The van der Waals surface area contributed by atoms with Crippen LogP contribution in [0.1, 0.15) is 28.9 Å². The first-order valence-electron chi connectivity index (χ1n) is 10.8. The molecule has 1 saturated heterocycles. The molecule has 1 aliphatic rings. The highest BCUT2D eigenvalue weighted by atomic mass is 16.2. The number of pyridine rings is 2. The Morgan fingerprint density at radius 2 is 2.12 bits per heavy atom. The number of aryl methyl sites for hydroxylation is 2. The van der Waals surface area contributed by atoms with Gasteiger partial charge in [-0.1, -0.05) is 12.1 Å². The number of tetrazole rings is 1. The maximum Gasteiger partial charge on any atom is 0.278 e. The van der Waals surface area contributed by atoms with Crippen molar-refractivity contribution in [3.63, 3.8) is 0 Å². The van der Waals surface area contributed by atoms with Crippen molar-refractivity contribution in [2.24, 2.45) is 7.05 Å². The summed E-state index contributed by atoms with van der Waals surface area (Å²) < 4.78 is 1.68. The Hall–Kier alpha value is -3.99. The number of carbonyl (C=O) groups is 1. The normalized spacial score (nSPS) is 16.0. The minimum atomic E-state index is -0.165. The molecule has 0 spiro atoms. The van der Waals surface area contributed by atoms with Crippen molar-refractivity contribution in [1.29, 1.82) is 0 Å². The number of aromatic nitrogens is 8. The summed E-state index contributed by atoms with van der Waals surface area (Å²) in [6.45, 7) is 3.65. The number of H-pyrrole nitrogens is 1. The van der Waals surface area contributed by atoms with Crippen molar-refractivity contribution in [2.75, 3.05) is 18.0 Å². The molecular weight excluding hydrogens is 420 g/mol. The number of carbonyl (C=O) groups excluding carboxylic acids is 1. The van der Waals surface area contributed by atoms with E-state index in [1.54, 1.807) is 34.2 Å². The van der Waals surface area contributed by atoms with Crippen LogP contribution in [0.3, 0.4) is 0 Å². The standard InChI is InChI=1S/C22H24N10O/c1-14-5-3-10-24-21(14)32(16-6-4-9-23-12-16)22(33)18-8-7-15(11-25-18)17-13-26-31(2)19(17)20-27-29-30-28-20/h3,5,7-8,10-11,13,16,23H,4,6,9,12H2,1-2H3,(H,27,28,29,30)/t16-/m1/s1. The minimum absolute atomic E-state index is 0.0180. The van der Waals surface area contributed by atoms with Gasteiger partial charge in [-0.3, -0.25) is 19.4 Å². The zero-order valence-corrected chi connectivity index (χ0v) is 18.4. The van der Waals surface area contributed by atoms with Gasteiger partial charge in [0.25, 0.3) is 5.91 Å². The Balaban J connectivity index is 1.48. The van der Waals surface area contributed by atoms with Crippen LogP contribution in [0.2, 0.25) is 0 Å². The topological polar surface area (TPSA) is 130 Å². The predicted octanol–water partition coefficient (Wildman–Crippen LogP) is 1.76. The summed E-state index contributed by atoms with van der Waals surface area (Å²) in [5, 5.41) is 21.9. The third-order valence-electron chi connectivity index (χ3n) is 5.85. The highest BCUT2D eigenvalue weighted by Gasteiger charge is 2.30. The van der Waals surface area contributed by atoms with Crippen LogP contribution in [-0.4, -0.2) is 65.4 Å². The molecule has 0 bridgehead atoms. The van der Waals surface area contributed by atoms with E-state index in [-0.39, 0.29) is 11.9 Å². The number of rotatable bonds is 5. The van der Waals surface area contributed by atoms with E-state index in [9.17, 15) is 4.79 Å². The van der Waals surface area contributed by atoms with Gasteiger partial charge in [-0.25, -0.2) is 4.98 Å². The zero-order chi connectivity index (χ0) is 22.8. The van der Waals surface area contributed by atoms with Gasteiger partial charge in [0, 0.05) is 37.1 Å². The van der Waals surface area contributed by atoms with Gasteiger partial charge in [0.05, 0.1) is 12.2 Å². The molecule has 1 amide bonds. The van der Waals surface area contributed by atoms with E-state index in [0.29, 0.717) is 23.0 Å². The van der Waals surface area contributed by atoms with Gasteiger partial charge in [0.2, 0.25) is 5.82 Å². The number of hydrogen-bond acceptors (Lipinski definition) is 8. The Morgan fingerprint density at radius 3 is 2.82 bits per heavy atom. The molecule has 0 unspecified atom stereocenters. The summed E-state index contributed by atoms with van der Waals surface area (Å²) in [6, 6.07) is 7.47. The Labute approximate surface area is 190 Å². The second kappa shape index (κ2) is 8.87. The number of anilines is 1. The zero-order valence-electron chi connectivity index (χ0n) is 18.4. The van der Waals surface area contributed by atoms with E-state index in [0.717, 1.165) is 42.6 Å². The van der Waals surface area contributed by atoms with Crippen LogP contribution in [0, 0.1) is 6.92 Å². The lowest BCUT2D eigenvalue weighted by molar-refractivity contribution is 0.0966. The number of nitrogens with zero attached hydrogens (tertiary/aromatic N) is 8. The summed E-state index contributed by atoms with van der Waals surface area (Å²) in [5.74, 6) is 0.946. The molecule has 1 aliphatic heterocycles. The highest BCUT2D eigenvalue weighted by molar-refractivity contribution is 6.05. The van der Waals surface area contributed by atoms with Crippen molar-refractivity contribution >= 4 is 11.7 Å². The maximum atomic E-state index is 13.6. The number of amides is 1. The van der Waals surface area contributed by atoms with Crippen LogP contribution in [0.15, 0.2) is 42.9 Å². The van der Waals surface area contributed by atoms with Crippen molar-refractivity contribution in [3.8, 4) is 22.6 Å². The predicted molar refractivity (Wildman–Crippen MR) is 121 cm³/mol. The lowest BCUT2D eigenvalue weighted by Crippen LogP contribution is -2.49. The van der Waals surface area contributed by atoms with Gasteiger partial charge < -0.3 is 5.32 Å². The number of hydrogen-bond donors (Lipinski definition) is 2. The van der Waals surface area contributed by atoms with Gasteiger partial charge in [-0.05, 0) is 49.2 Å². The Morgan fingerprint density at radius 1 is 1.21 bits per heavy atom. The summed E-state index contributed by atoms with van der Waals surface area (Å²) in [5.41, 5.74) is 3.63. The average Bonchev–Trinajstić information content (AvgIpc) is 3.51. The van der Waals surface area contributed by atoms with Crippen LogP contribution >= 0.6 is 0 Å². The number of aromatic amines is 1. The first-order valence-corrected chi connectivity index (χ1v) is 10.8. The molecule has 0 aromatic carbocycles. The van der Waals surface area contributed by atoms with E-state index in [1.807, 2.05) is 32.2 Å². The van der Waals surface area contributed by atoms with E-state index in [1.165, 1.54) is 0 Å². The Bertz CT molecular complexity index is 1240. The quantitative estimate of drug-likeness (QED) is 0.476. The van der Waals surface area contributed by atoms with Crippen LogP contribution in [0.5, 0.6) is 0 Å². The SMILES string of the molecule is Cc1cccnc1N(C(=O)c1ccc(-c2cnn(C)c2-c2nn[nH]n2)cn1)[C@@H]1CCCNC1. The fourth-order valence-electron chi connectivity index (χ4n) is 4.20. The molecule has 0 saturated carbocycles. The van der Waals surface area contributed by atoms with Crippen LogP contribution in [0.4, 0.5) is 5.82 Å². The van der Waals surface area contributed by atoms with Gasteiger partial charge >= 0.3 is 0 Å². The van der Waals surface area contributed by atoms with Gasteiger partial charge in [0.15, 0.2) is 0 Å². The van der Waals surface area contributed by atoms with Gasteiger partial charge in [-0.2, -0.15) is 10.3 Å². The minimum Gasteiger partial charge on any atom is -0.315 e. The largest absolute Gasteiger partial charge is 0.315 e. The van der Waals surface area contributed by atoms with Crippen LogP contribution < -0.4 is 10.2 Å². The van der Waals surface area contributed by atoms with E-state index >= 15 is 0 Å². The molecule has 11 heteroatoms. The van der Waals surface area contributed by atoms with Crippen LogP contribution in [-0.2, 0) is 7.05 Å². The molecule has 5 rings (SSSR count). The summed E-state index contributed by atoms with van der Waals surface area (Å²) in [6.07, 6.45) is 7.04. The third-order valence-corrected chi connectivity index (χ3v) is 5.85. The van der Waals surface area contributed by atoms with Crippen LogP contribution in [0.25, 0.3) is 22.6 Å². The highest BCUT2D eigenvalue weighted by Crippen LogP contribution is 2.29. The third kappa shape index (κ3) is 3.98. The van der Waals surface area contributed by atoms with Gasteiger partial charge in [-0.15, -0.1) is 10.2 Å². The molecule has 0 aliphatic carbocycles. The van der Waals surface area contributed by atoms with Crippen molar-refractivity contribution in [1.82, 2.24) is 45.7 Å². The first kappa shape index (κ1) is 20.9. The van der Waals surface area contributed by atoms with Gasteiger partial charge in [0.1, 0.15) is 17.2 Å².